The monoisotopic (exact) mass is 281 g/mol. The first-order valence-electron chi connectivity index (χ1n) is 6.99. The van der Waals surface area contributed by atoms with Gasteiger partial charge in [-0.3, -0.25) is 0 Å². The lowest BCUT2D eigenvalue weighted by Gasteiger charge is -2.26. The molecule has 0 heterocycles. The molecule has 0 aliphatic rings. The average Bonchev–Trinajstić information content (AvgIpc) is 2.44. The minimum atomic E-state index is 0.0829. The highest BCUT2D eigenvalue weighted by Crippen LogP contribution is 2.30. The molecule has 1 rings (SSSR count). The van der Waals surface area contributed by atoms with E-state index in [2.05, 4.69) is 26.1 Å². The van der Waals surface area contributed by atoms with E-state index in [1.165, 1.54) is 0 Å². The van der Waals surface area contributed by atoms with Gasteiger partial charge in [-0.2, -0.15) is 0 Å². The first kappa shape index (κ1) is 16.8. The maximum atomic E-state index is 9.05. The number of hydrogen-bond acceptors (Lipinski definition) is 4. The van der Waals surface area contributed by atoms with Crippen LogP contribution in [0.2, 0.25) is 0 Å². The van der Waals surface area contributed by atoms with Crippen LogP contribution >= 0.6 is 0 Å². The largest absolute Gasteiger partial charge is 0.493 e. The number of benzene rings is 1. The first-order chi connectivity index (χ1) is 9.43. The molecule has 1 atom stereocenters. The summed E-state index contributed by atoms with van der Waals surface area (Å²) in [4.78, 5) is 0. The molecule has 1 unspecified atom stereocenters. The quantitative estimate of drug-likeness (QED) is 0.769. The molecule has 0 saturated heterocycles. The topological polar surface area (TPSA) is 50.7 Å². The van der Waals surface area contributed by atoms with Crippen LogP contribution in [-0.4, -0.2) is 32.5 Å². The van der Waals surface area contributed by atoms with Crippen molar-refractivity contribution in [3.05, 3.63) is 23.8 Å². The predicted octanol–water partition coefficient (Wildman–Crippen LogP) is 2.76. The summed E-state index contributed by atoms with van der Waals surface area (Å²) in [6.45, 7) is 7.49. The molecule has 2 N–H and O–H groups in total. The Morgan fingerprint density at radius 2 is 1.85 bits per heavy atom. The summed E-state index contributed by atoms with van der Waals surface area (Å²) in [5, 5.41) is 12.6. The van der Waals surface area contributed by atoms with Gasteiger partial charge in [0.25, 0.3) is 0 Å². The number of methoxy groups -OCH3 is 2. The van der Waals surface area contributed by atoms with Gasteiger partial charge in [0, 0.05) is 19.2 Å². The molecule has 0 aliphatic carbocycles. The predicted molar refractivity (Wildman–Crippen MR) is 81.4 cm³/mol. The van der Waals surface area contributed by atoms with Gasteiger partial charge < -0.3 is 19.9 Å². The Bertz CT molecular complexity index is 418. The van der Waals surface area contributed by atoms with E-state index in [0.717, 1.165) is 30.0 Å². The third-order valence-electron chi connectivity index (χ3n) is 3.58. The molecule has 0 radical (unpaired) electrons. The van der Waals surface area contributed by atoms with Gasteiger partial charge in [0.15, 0.2) is 11.5 Å². The second-order valence-electron chi connectivity index (χ2n) is 5.85. The van der Waals surface area contributed by atoms with Crippen molar-refractivity contribution in [2.75, 3.05) is 27.4 Å². The standard InChI is InChI=1S/C16H27NO3/c1-12(17-11-16(2,3)8-9-18)13-6-7-14(19-4)15(10-13)20-5/h6-7,10,12,17-18H,8-9,11H2,1-5H3. The van der Waals surface area contributed by atoms with Gasteiger partial charge in [0.1, 0.15) is 0 Å². The summed E-state index contributed by atoms with van der Waals surface area (Å²) in [6.07, 6.45) is 0.790. The van der Waals surface area contributed by atoms with Crippen molar-refractivity contribution in [2.45, 2.75) is 33.2 Å². The molecule has 1 aromatic rings. The van der Waals surface area contributed by atoms with Gasteiger partial charge in [0.2, 0.25) is 0 Å². The second kappa shape index (κ2) is 7.50. The number of hydrogen-bond donors (Lipinski definition) is 2. The number of aliphatic hydroxyl groups is 1. The van der Waals surface area contributed by atoms with Crippen molar-refractivity contribution >= 4 is 0 Å². The third-order valence-corrected chi connectivity index (χ3v) is 3.58. The fourth-order valence-corrected chi connectivity index (χ4v) is 2.06. The van der Waals surface area contributed by atoms with Crippen molar-refractivity contribution in [1.82, 2.24) is 5.32 Å². The van der Waals surface area contributed by atoms with Gasteiger partial charge in [-0.15, -0.1) is 0 Å². The molecule has 4 heteroatoms. The molecule has 0 bridgehead atoms. The van der Waals surface area contributed by atoms with E-state index in [4.69, 9.17) is 14.6 Å². The molecule has 4 nitrogen and oxygen atoms in total. The van der Waals surface area contributed by atoms with E-state index >= 15 is 0 Å². The van der Waals surface area contributed by atoms with E-state index in [-0.39, 0.29) is 18.1 Å². The third kappa shape index (κ3) is 4.69. The van der Waals surface area contributed by atoms with Crippen LogP contribution in [-0.2, 0) is 0 Å². The van der Waals surface area contributed by atoms with Crippen molar-refractivity contribution in [3.8, 4) is 11.5 Å². The van der Waals surface area contributed by atoms with Crippen LogP contribution in [0.1, 0.15) is 38.8 Å². The zero-order valence-corrected chi connectivity index (χ0v) is 13.2. The molecule has 0 aromatic heterocycles. The summed E-state index contributed by atoms with van der Waals surface area (Å²) in [6, 6.07) is 6.17. The molecule has 0 aliphatic heterocycles. The van der Waals surface area contributed by atoms with Crippen LogP contribution in [0, 0.1) is 5.41 Å². The molecule has 0 fully saturated rings. The van der Waals surface area contributed by atoms with Crippen molar-refractivity contribution < 1.29 is 14.6 Å². The smallest absolute Gasteiger partial charge is 0.161 e. The van der Waals surface area contributed by atoms with Gasteiger partial charge in [-0.25, -0.2) is 0 Å². The van der Waals surface area contributed by atoms with E-state index in [9.17, 15) is 0 Å². The lowest BCUT2D eigenvalue weighted by molar-refractivity contribution is 0.203. The Labute approximate surface area is 122 Å². The van der Waals surface area contributed by atoms with Crippen LogP contribution in [0.5, 0.6) is 11.5 Å². The Morgan fingerprint density at radius 1 is 1.20 bits per heavy atom. The number of nitrogens with one attached hydrogen (secondary N) is 1. The first-order valence-corrected chi connectivity index (χ1v) is 6.99. The number of rotatable bonds is 8. The highest BCUT2D eigenvalue weighted by Gasteiger charge is 2.18. The lowest BCUT2D eigenvalue weighted by Crippen LogP contribution is -2.32. The Morgan fingerprint density at radius 3 is 2.40 bits per heavy atom. The molecule has 20 heavy (non-hydrogen) atoms. The van der Waals surface area contributed by atoms with Crippen molar-refractivity contribution in [1.29, 1.82) is 0 Å². The zero-order valence-electron chi connectivity index (χ0n) is 13.2. The minimum absolute atomic E-state index is 0.0829. The summed E-state index contributed by atoms with van der Waals surface area (Å²) >= 11 is 0. The highest BCUT2D eigenvalue weighted by molar-refractivity contribution is 5.43. The van der Waals surface area contributed by atoms with Gasteiger partial charge in [0.05, 0.1) is 14.2 Å². The Kier molecular flexibility index (Phi) is 6.30. The molecule has 0 saturated carbocycles. The molecule has 114 valence electrons. The molecule has 0 amide bonds. The number of ether oxygens (including phenoxy) is 2. The molecular weight excluding hydrogens is 254 g/mol. The van der Waals surface area contributed by atoms with Gasteiger partial charge in [-0.1, -0.05) is 19.9 Å². The zero-order chi connectivity index (χ0) is 15.2. The molecule has 0 spiro atoms. The summed E-state index contributed by atoms with van der Waals surface area (Å²) < 4.78 is 10.6. The van der Waals surface area contributed by atoms with Crippen LogP contribution in [0.3, 0.4) is 0 Å². The van der Waals surface area contributed by atoms with Gasteiger partial charge in [-0.05, 0) is 36.5 Å². The van der Waals surface area contributed by atoms with Crippen LogP contribution in [0.4, 0.5) is 0 Å². The molecule has 1 aromatic carbocycles. The van der Waals surface area contributed by atoms with Crippen LogP contribution < -0.4 is 14.8 Å². The second-order valence-corrected chi connectivity index (χ2v) is 5.85. The maximum absolute atomic E-state index is 9.05. The SMILES string of the molecule is COc1ccc(C(C)NCC(C)(C)CCO)cc1OC. The van der Waals surface area contributed by atoms with Gasteiger partial charge >= 0.3 is 0 Å². The lowest BCUT2D eigenvalue weighted by atomic mass is 9.89. The average molecular weight is 281 g/mol. The Hall–Kier alpha value is -1.26. The van der Waals surface area contributed by atoms with Crippen molar-refractivity contribution in [2.24, 2.45) is 5.41 Å². The summed E-state index contributed by atoms with van der Waals surface area (Å²) in [7, 11) is 3.28. The van der Waals surface area contributed by atoms with Crippen LogP contribution in [0.15, 0.2) is 18.2 Å². The van der Waals surface area contributed by atoms with E-state index in [0.29, 0.717) is 0 Å². The minimum Gasteiger partial charge on any atom is -0.493 e. The van der Waals surface area contributed by atoms with E-state index < -0.39 is 0 Å². The molecular formula is C16H27NO3. The Balaban J connectivity index is 2.70. The normalized spacial score (nSPS) is 13.1. The van der Waals surface area contributed by atoms with Crippen molar-refractivity contribution in [3.63, 3.8) is 0 Å². The maximum Gasteiger partial charge on any atom is 0.161 e. The fraction of sp³-hybridized carbons (Fsp3) is 0.625. The number of aliphatic hydroxyl groups excluding tert-OH is 1. The summed E-state index contributed by atoms with van der Waals surface area (Å²) in [5.41, 5.74) is 1.24. The summed E-state index contributed by atoms with van der Waals surface area (Å²) in [5.74, 6) is 1.48. The van der Waals surface area contributed by atoms with Crippen LogP contribution in [0.25, 0.3) is 0 Å². The highest BCUT2D eigenvalue weighted by atomic mass is 16.5. The van der Waals surface area contributed by atoms with E-state index in [1.807, 2.05) is 18.2 Å². The fourth-order valence-electron chi connectivity index (χ4n) is 2.06. The van der Waals surface area contributed by atoms with E-state index in [1.54, 1.807) is 14.2 Å².